The summed E-state index contributed by atoms with van der Waals surface area (Å²) in [7, 11) is 2.48. The van der Waals surface area contributed by atoms with Gasteiger partial charge in [-0.1, -0.05) is 0 Å². The molecule has 7 heteroatoms. The molecule has 0 saturated carbocycles. The minimum absolute atomic E-state index is 0.210. The number of ether oxygens (including phenoxy) is 2. The Morgan fingerprint density at radius 1 is 1.42 bits per heavy atom. The van der Waals surface area contributed by atoms with Gasteiger partial charge in [-0.25, -0.2) is 9.18 Å². The van der Waals surface area contributed by atoms with Gasteiger partial charge in [0.25, 0.3) is 5.91 Å². The number of amides is 1. The van der Waals surface area contributed by atoms with Crippen LogP contribution in [0.4, 0.5) is 4.39 Å². The Balaban J connectivity index is 2.66. The Labute approximate surface area is 109 Å². The normalized spacial score (nSPS) is 11.6. The highest BCUT2D eigenvalue weighted by Gasteiger charge is 2.18. The molecule has 6 nitrogen and oxygen atoms in total. The number of benzene rings is 1. The van der Waals surface area contributed by atoms with Crippen LogP contribution in [0.5, 0.6) is 5.75 Å². The molecular weight excluding hydrogens is 257 g/mol. The summed E-state index contributed by atoms with van der Waals surface area (Å²) >= 11 is 0. The van der Waals surface area contributed by atoms with Crippen LogP contribution in [-0.2, 0) is 9.53 Å². The number of esters is 1. The van der Waals surface area contributed by atoms with Crippen molar-refractivity contribution in [1.82, 2.24) is 5.32 Å². The molecule has 0 radical (unpaired) electrons. The second kappa shape index (κ2) is 6.69. The maximum atomic E-state index is 13.5. The first kappa shape index (κ1) is 14.9. The third-order valence-corrected chi connectivity index (χ3v) is 2.35. The van der Waals surface area contributed by atoms with Crippen molar-refractivity contribution < 1.29 is 28.6 Å². The first-order valence-corrected chi connectivity index (χ1v) is 5.37. The predicted octanol–water partition coefficient (Wildman–Crippen LogP) is 0.0980. The third kappa shape index (κ3) is 3.92. The Morgan fingerprint density at radius 3 is 2.63 bits per heavy atom. The fraction of sp³-hybridized carbons (Fsp3) is 0.333. The van der Waals surface area contributed by atoms with Crippen LogP contribution in [-0.4, -0.2) is 43.9 Å². The van der Waals surface area contributed by atoms with Crippen molar-refractivity contribution >= 4 is 11.9 Å². The molecule has 1 aromatic rings. The smallest absolute Gasteiger partial charge is 0.336 e. The second-order valence-corrected chi connectivity index (χ2v) is 3.59. The van der Waals surface area contributed by atoms with E-state index in [1.54, 1.807) is 0 Å². The van der Waals surface area contributed by atoms with Gasteiger partial charge in [-0.15, -0.1) is 0 Å². The molecule has 2 N–H and O–H groups in total. The summed E-state index contributed by atoms with van der Waals surface area (Å²) in [5.41, 5.74) is -0.210. The van der Waals surface area contributed by atoms with E-state index in [0.717, 1.165) is 13.2 Å². The summed E-state index contributed by atoms with van der Waals surface area (Å²) in [5, 5.41) is 11.5. The molecule has 0 heterocycles. The summed E-state index contributed by atoms with van der Waals surface area (Å²) in [6.07, 6.45) is -1.49. The first-order chi connectivity index (χ1) is 8.99. The number of carbonyl (C=O) groups is 2. The van der Waals surface area contributed by atoms with Gasteiger partial charge >= 0.3 is 5.97 Å². The van der Waals surface area contributed by atoms with Crippen LogP contribution in [0.3, 0.4) is 0 Å². The quantitative estimate of drug-likeness (QED) is 0.742. The van der Waals surface area contributed by atoms with Gasteiger partial charge in [0.1, 0.15) is 11.6 Å². The molecule has 0 aliphatic heterocycles. The SMILES string of the molecule is COC(=O)C(O)CNC(=O)c1ccc(OC)cc1F. The molecule has 1 amide bonds. The van der Waals surface area contributed by atoms with E-state index >= 15 is 0 Å². The first-order valence-electron chi connectivity index (χ1n) is 5.37. The molecule has 0 spiro atoms. The Hall–Kier alpha value is -2.15. The van der Waals surface area contributed by atoms with Crippen LogP contribution in [0.15, 0.2) is 18.2 Å². The standard InChI is InChI=1S/C12H14FNO5/c1-18-7-3-4-8(9(13)5-7)11(16)14-6-10(15)12(17)19-2/h3-5,10,15H,6H2,1-2H3,(H,14,16). The fourth-order valence-electron chi connectivity index (χ4n) is 1.31. The summed E-state index contributed by atoms with van der Waals surface area (Å²) in [6.45, 7) is -0.364. The summed E-state index contributed by atoms with van der Waals surface area (Å²) in [6, 6.07) is 3.73. The van der Waals surface area contributed by atoms with Crippen molar-refractivity contribution in [2.45, 2.75) is 6.10 Å². The van der Waals surface area contributed by atoms with Crippen LogP contribution in [0.2, 0.25) is 0 Å². The van der Waals surface area contributed by atoms with E-state index in [2.05, 4.69) is 10.1 Å². The van der Waals surface area contributed by atoms with E-state index in [9.17, 15) is 19.1 Å². The van der Waals surface area contributed by atoms with Crippen molar-refractivity contribution in [3.05, 3.63) is 29.6 Å². The molecular formula is C12H14FNO5. The number of nitrogens with one attached hydrogen (secondary N) is 1. The molecule has 0 saturated heterocycles. The molecule has 0 fully saturated rings. The Morgan fingerprint density at radius 2 is 2.11 bits per heavy atom. The average Bonchev–Trinajstić information content (AvgIpc) is 2.43. The summed E-state index contributed by atoms with van der Waals surface area (Å²) in [4.78, 5) is 22.5. The molecule has 0 aromatic heterocycles. The monoisotopic (exact) mass is 271 g/mol. The van der Waals surface area contributed by atoms with Crippen LogP contribution in [0, 0.1) is 5.82 Å². The lowest BCUT2D eigenvalue weighted by molar-refractivity contribution is -0.149. The number of aliphatic hydroxyl groups is 1. The summed E-state index contributed by atoms with van der Waals surface area (Å²) in [5.74, 6) is -2.10. The van der Waals surface area contributed by atoms with Crippen molar-refractivity contribution in [3.8, 4) is 5.75 Å². The molecule has 19 heavy (non-hydrogen) atoms. The molecule has 1 rings (SSSR count). The van der Waals surface area contributed by atoms with Crippen molar-refractivity contribution in [3.63, 3.8) is 0 Å². The van der Waals surface area contributed by atoms with Crippen molar-refractivity contribution in [2.24, 2.45) is 0 Å². The fourth-order valence-corrected chi connectivity index (χ4v) is 1.31. The van der Waals surface area contributed by atoms with E-state index < -0.39 is 23.8 Å². The van der Waals surface area contributed by atoms with Crippen LogP contribution < -0.4 is 10.1 Å². The number of hydrogen-bond acceptors (Lipinski definition) is 5. The lowest BCUT2D eigenvalue weighted by Gasteiger charge is -2.10. The maximum absolute atomic E-state index is 13.5. The molecule has 1 aromatic carbocycles. The zero-order valence-electron chi connectivity index (χ0n) is 10.5. The van der Waals surface area contributed by atoms with E-state index in [-0.39, 0.29) is 17.9 Å². The second-order valence-electron chi connectivity index (χ2n) is 3.59. The molecule has 1 atom stereocenters. The van der Waals surface area contributed by atoms with E-state index in [1.165, 1.54) is 19.2 Å². The molecule has 104 valence electrons. The van der Waals surface area contributed by atoms with Crippen molar-refractivity contribution in [1.29, 1.82) is 0 Å². The molecule has 1 unspecified atom stereocenters. The van der Waals surface area contributed by atoms with E-state index in [4.69, 9.17) is 4.74 Å². The van der Waals surface area contributed by atoms with Gasteiger partial charge in [0.15, 0.2) is 6.10 Å². The Kier molecular flexibility index (Phi) is 5.25. The number of hydrogen-bond donors (Lipinski definition) is 2. The number of rotatable bonds is 5. The summed E-state index contributed by atoms with van der Waals surface area (Å²) < 4.78 is 22.6. The number of aliphatic hydroxyl groups excluding tert-OH is 1. The van der Waals surface area contributed by atoms with Gasteiger partial charge < -0.3 is 19.9 Å². The minimum atomic E-state index is -1.49. The predicted molar refractivity (Wildman–Crippen MR) is 63.3 cm³/mol. The van der Waals surface area contributed by atoms with Gasteiger partial charge in [0, 0.05) is 6.07 Å². The highest BCUT2D eigenvalue weighted by molar-refractivity contribution is 5.94. The Bertz CT molecular complexity index is 477. The van der Waals surface area contributed by atoms with Gasteiger partial charge in [-0.3, -0.25) is 4.79 Å². The van der Waals surface area contributed by atoms with Crippen LogP contribution in [0.1, 0.15) is 10.4 Å². The van der Waals surface area contributed by atoms with Gasteiger partial charge in [0.05, 0.1) is 26.3 Å². The largest absolute Gasteiger partial charge is 0.497 e. The number of halogens is 1. The molecule has 0 bridgehead atoms. The number of methoxy groups -OCH3 is 2. The third-order valence-electron chi connectivity index (χ3n) is 2.35. The topological polar surface area (TPSA) is 84.9 Å². The van der Waals surface area contributed by atoms with Crippen LogP contribution >= 0.6 is 0 Å². The average molecular weight is 271 g/mol. The number of carbonyl (C=O) groups excluding carboxylic acids is 2. The lowest BCUT2D eigenvalue weighted by atomic mass is 10.2. The molecule has 0 aliphatic carbocycles. The van der Waals surface area contributed by atoms with Crippen LogP contribution in [0.25, 0.3) is 0 Å². The minimum Gasteiger partial charge on any atom is -0.497 e. The van der Waals surface area contributed by atoms with Gasteiger partial charge in [0.2, 0.25) is 0 Å². The van der Waals surface area contributed by atoms with Crippen molar-refractivity contribution in [2.75, 3.05) is 20.8 Å². The zero-order valence-corrected chi connectivity index (χ0v) is 10.5. The highest BCUT2D eigenvalue weighted by atomic mass is 19.1. The van der Waals surface area contributed by atoms with Gasteiger partial charge in [-0.05, 0) is 12.1 Å². The zero-order chi connectivity index (χ0) is 14.4. The lowest BCUT2D eigenvalue weighted by Crippen LogP contribution is -2.37. The van der Waals surface area contributed by atoms with Gasteiger partial charge in [-0.2, -0.15) is 0 Å². The van der Waals surface area contributed by atoms with E-state index in [0.29, 0.717) is 0 Å². The molecule has 0 aliphatic rings. The maximum Gasteiger partial charge on any atom is 0.336 e. The van der Waals surface area contributed by atoms with E-state index in [1.807, 2.05) is 0 Å². The highest BCUT2D eigenvalue weighted by Crippen LogP contribution is 2.15.